The first-order valence-electron chi connectivity index (χ1n) is 6.22. The third kappa shape index (κ3) is 3.87. The number of aliphatic hydroxyl groups excluding tert-OH is 1. The van der Waals surface area contributed by atoms with Crippen molar-refractivity contribution in [3.05, 3.63) is 34.3 Å². The Hall–Kier alpha value is -1.31. The summed E-state index contributed by atoms with van der Waals surface area (Å²) in [6.07, 6.45) is -5.08. The molecule has 2 atom stereocenters. The largest absolute Gasteiger partial charge is 0.416 e. The second-order valence-electron chi connectivity index (χ2n) is 4.70. The monoisotopic (exact) mass is 323 g/mol. The van der Waals surface area contributed by atoms with Gasteiger partial charge in [0, 0.05) is 6.61 Å². The minimum Gasteiger partial charge on any atom is -0.389 e. The van der Waals surface area contributed by atoms with E-state index in [1.54, 1.807) is 0 Å². The van der Waals surface area contributed by atoms with Gasteiger partial charge in [0.05, 0.1) is 34.9 Å². The Morgan fingerprint density at radius 1 is 1.43 bits per heavy atom. The van der Waals surface area contributed by atoms with Crippen molar-refractivity contribution in [2.24, 2.45) is 0 Å². The van der Waals surface area contributed by atoms with Crippen LogP contribution in [-0.4, -0.2) is 36.4 Å². The van der Waals surface area contributed by atoms with Crippen LogP contribution in [0, 0.1) is 0 Å². The molecule has 21 heavy (non-hydrogen) atoms. The van der Waals surface area contributed by atoms with Gasteiger partial charge in [-0.1, -0.05) is 11.6 Å². The lowest BCUT2D eigenvalue weighted by Crippen LogP contribution is -2.48. The van der Waals surface area contributed by atoms with Crippen LogP contribution in [0.5, 0.6) is 0 Å². The maximum absolute atomic E-state index is 12.7. The molecule has 0 spiro atoms. The quantitative estimate of drug-likeness (QED) is 0.877. The number of alkyl halides is 3. The van der Waals surface area contributed by atoms with Gasteiger partial charge in [0.1, 0.15) is 0 Å². The third-order valence-corrected chi connectivity index (χ3v) is 3.51. The van der Waals surface area contributed by atoms with E-state index in [9.17, 15) is 23.1 Å². The molecule has 1 aliphatic rings. The highest BCUT2D eigenvalue weighted by atomic mass is 35.5. The van der Waals surface area contributed by atoms with Crippen LogP contribution in [0.3, 0.4) is 0 Å². The van der Waals surface area contributed by atoms with E-state index in [4.69, 9.17) is 16.3 Å². The molecule has 1 heterocycles. The summed E-state index contributed by atoms with van der Waals surface area (Å²) in [6.45, 7) is 0.430. The van der Waals surface area contributed by atoms with E-state index in [1.165, 1.54) is 0 Å². The zero-order valence-electron chi connectivity index (χ0n) is 10.8. The molecule has 0 saturated carbocycles. The summed E-state index contributed by atoms with van der Waals surface area (Å²) in [5, 5.41) is 12.1. The summed E-state index contributed by atoms with van der Waals surface area (Å²) in [5.74, 6) is -0.753. The van der Waals surface area contributed by atoms with Crippen molar-refractivity contribution in [2.45, 2.75) is 24.7 Å². The number of benzene rings is 1. The Balaban J connectivity index is 2.18. The van der Waals surface area contributed by atoms with Crippen LogP contribution in [0.1, 0.15) is 22.3 Å². The number of nitrogens with one attached hydrogen (secondary N) is 1. The van der Waals surface area contributed by atoms with Crippen LogP contribution in [0.25, 0.3) is 0 Å². The zero-order chi connectivity index (χ0) is 15.6. The van der Waals surface area contributed by atoms with E-state index in [0.717, 1.165) is 12.1 Å². The highest BCUT2D eigenvalue weighted by molar-refractivity contribution is 6.33. The molecule has 0 unspecified atom stereocenters. The van der Waals surface area contributed by atoms with Crippen LogP contribution >= 0.6 is 11.6 Å². The van der Waals surface area contributed by atoms with E-state index < -0.39 is 29.8 Å². The molecule has 1 fully saturated rings. The summed E-state index contributed by atoms with van der Waals surface area (Å²) < 4.78 is 43.0. The average Bonchev–Trinajstić information content (AvgIpc) is 2.40. The molecular formula is C13H13ClF3NO3. The minimum absolute atomic E-state index is 0.0707. The van der Waals surface area contributed by atoms with Gasteiger partial charge in [-0.15, -0.1) is 0 Å². The predicted octanol–water partition coefficient (Wildman–Crippen LogP) is 2.24. The van der Waals surface area contributed by atoms with Crippen molar-refractivity contribution in [1.29, 1.82) is 0 Å². The molecule has 1 aromatic rings. The van der Waals surface area contributed by atoms with Crippen molar-refractivity contribution in [2.75, 3.05) is 13.2 Å². The second kappa shape index (κ2) is 6.21. The molecule has 1 saturated heterocycles. The summed E-state index contributed by atoms with van der Waals surface area (Å²) >= 11 is 5.78. The van der Waals surface area contributed by atoms with Crippen molar-refractivity contribution in [3.8, 4) is 0 Å². The van der Waals surface area contributed by atoms with E-state index >= 15 is 0 Å². The van der Waals surface area contributed by atoms with Gasteiger partial charge in [0.25, 0.3) is 5.91 Å². The number of halogens is 4. The number of rotatable bonds is 2. The number of carbonyl (C=O) groups excluding carboxylic acids is 1. The fourth-order valence-corrected chi connectivity index (χ4v) is 2.22. The summed E-state index contributed by atoms with van der Waals surface area (Å²) in [5.41, 5.74) is -1.23. The minimum atomic E-state index is -4.56. The van der Waals surface area contributed by atoms with Crippen molar-refractivity contribution < 1.29 is 27.8 Å². The highest BCUT2D eigenvalue weighted by Crippen LogP contribution is 2.31. The standard InChI is InChI=1S/C13H13ClF3NO3/c14-9-2-1-7(13(15,16)17)5-8(9)12(20)18-10-3-4-21-6-11(10)19/h1-2,5,10-11,19H,3-4,6H2,(H,18,20)/t10-,11-/m1/s1. The van der Waals surface area contributed by atoms with E-state index in [0.29, 0.717) is 19.1 Å². The lowest BCUT2D eigenvalue weighted by molar-refractivity contribution is -0.137. The maximum atomic E-state index is 12.7. The van der Waals surface area contributed by atoms with E-state index in [2.05, 4.69) is 5.32 Å². The first kappa shape index (κ1) is 16.1. The topological polar surface area (TPSA) is 58.6 Å². The summed E-state index contributed by atoms with van der Waals surface area (Å²) in [7, 11) is 0. The molecule has 1 aliphatic heterocycles. The highest BCUT2D eigenvalue weighted by Gasteiger charge is 2.32. The van der Waals surface area contributed by atoms with Crippen LogP contribution in [0.2, 0.25) is 5.02 Å². The molecule has 0 aromatic heterocycles. The van der Waals surface area contributed by atoms with Gasteiger partial charge >= 0.3 is 6.18 Å². The summed E-state index contributed by atoms with van der Waals surface area (Å²) in [4.78, 5) is 12.0. The molecule has 0 radical (unpaired) electrons. The van der Waals surface area contributed by atoms with Crippen LogP contribution in [0.15, 0.2) is 18.2 Å². The third-order valence-electron chi connectivity index (χ3n) is 3.18. The molecule has 2 N–H and O–H groups in total. The molecule has 0 aliphatic carbocycles. The number of amides is 1. The first-order chi connectivity index (χ1) is 9.79. The number of aliphatic hydroxyl groups is 1. The van der Waals surface area contributed by atoms with Crippen LogP contribution < -0.4 is 5.32 Å². The van der Waals surface area contributed by atoms with E-state index in [-0.39, 0.29) is 17.2 Å². The van der Waals surface area contributed by atoms with Crippen LogP contribution in [0.4, 0.5) is 13.2 Å². The van der Waals surface area contributed by atoms with Gasteiger partial charge in [-0.05, 0) is 24.6 Å². The van der Waals surface area contributed by atoms with Gasteiger partial charge in [0.15, 0.2) is 0 Å². The molecule has 1 amide bonds. The normalized spacial score (nSPS) is 22.9. The Bertz CT molecular complexity index is 536. The van der Waals surface area contributed by atoms with Gasteiger partial charge in [-0.3, -0.25) is 4.79 Å². The van der Waals surface area contributed by atoms with Crippen LogP contribution in [-0.2, 0) is 10.9 Å². The number of hydrogen-bond donors (Lipinski definition) is 2. The Kier molecular flexibility index (Phi) is 4.75. The van der Waals surface area contributed by atoms with Crippen molar-refractivity contribution in [3.63, 3.8) is 0 Å². The fourth-order valence-electron chi connectivity index (χ4n) is 2.01. The Labute approximate surface area is 123 Å². The summed E-state index contributed by atoms with van der Waals surface area (Å²) in [6, 6.07) is 1.96. The SMILES string of the molecule is O=C(N[C@@H]1CCOC[C@H]1O)c1cc(C(F)(F)F)ccc1Cl. The molecule has 8 heteroatoms. The fraction of sp³-hybridized carbons (Fsp3) is 0.462. The lowest BCUT2D eigenvalue weighted by Gasteiger charge is -2.28. The van der Waals surface area contributed by atoms with Crippen molar-refractivity contribution >= 4 is 17.5 Å². The molecular weight excluding hydrogens is 311 g/mol. The first-order valence-corrected chi connectivity index (χ1v) is 6.60. The Morgan fingerprint density at radius 3 is 2.76 bits per heavy atom. The lowest BCUT2D eigenvalue weighted by atomic mass is 10.0. The molecule has 116 valence electrons. The van der Waals surface area contributed by atoms with Gasteiger partial charge < -0.3 is 15.2 Å². The Morgan fingerprint density at radius 2 is 2.14 bits per heavy atom. The smallest absolute Gasteiger partial charge is 0.389 e. The zero-order valence-corrected chi connectivity index (χ0v) is 11.5. The maximum Gasteiger partial charge on any atom is 0.416 e. The number of carbonyl (C=O) groups is 1. The molecule has 2 rings (SSSR count). The predicted molar refractivity (Wildman–Crippen MR) is 69.2 cm³/mol. The van der Waals surface area contributed by atoms with Gasteiger partial charge in [-0.2, -0.15) is 13.2 Å². The second-order valence-corrected chi connectivity index (χ2v) is 5.11. The number of hydrogen-bond acceptors (Lipinski definition) is 3. The molecule has 4 nitrogen and oxygen atoms in total. The molecule has 0 bridgehead atoms. The van der Waals surface area contributed by atoms with Crippen molar-refractivity contribution in [1.82, 2.24) is 5.32 Å². The van der Waals surface area contributed by atoms with Gasteiger partial charge in [-0.25, -0.2) is 0 Å². The van der Waals surface area contributed by atoms with E-state index in [1.807, 2.05) is 0 Å². The average molecular weight is 324 g/mol. The molecule has 1 aromatic carbocycles. The van der Waals surface area contributed by atoms with Gasteiger partial charge in [0.2, 0.25) is 0 Å². The number of ether oxygens (including phenoxy) is 1.